The third-order valence-electron chi connectivity index (χ3n) is 4.11. The van der Waals surface area contributed by atoms with Crippen LogP contribution >= 0.6 is 0 Å². The molecule has 0 bridgehead atoms. The van der Waals surface area contributed by atoms with E-state index in [-0.39, 0.29) is 44.7 Å². The first-order valence-corrected chi connectivity index (χ1v) is 6.77. The first-order valence-electron chi connectivity index (χ1n) is 6.77. The van der Waals surface area contributed by atoms with E-state index in [1.807, 2.05) is 0 Å². The Balaban J connectivity index is 0.00000256. The van der Waals surface area contributed by atoms with Crippen LogP contribution in [0.5, 0.6) is 0 Å². The minimum absolute atomic E-state index is 0. The maximum Gasteiger partial charge on any atom is 0.278 e. The van der Waals surface area contributed by atoms with Crippen molar-refractivity contribution >= 4 is 5.91 Å². The van der Waals surface area contributed by atoms with E-state index in [0.29, 0.717) is 0 Å². The van der Waals surface area contributed by atoms with Gasteiger partial charge in [-0.15, -0.1) is 0 Å². The van der Waals surface area contributed by atoms with Gasteiger partial charge in [0.05, 0.1) is 19.6 Å². The summed E-state index contributed by atoms with van der Waals surface area (Å²) in [6.07, 6.45) is 6.02. The Morgan fingerprint density at radius 1 is 1.24 bits per heavy atom. The zero-order valence-corrected chi connectivity index (χ0v) is 14.5. The Labute approximate surface area is 131 Å². The van der Waals surface area contributed by atoms with Crippen LogP contribution in [0.2, 0.25) is 0 Å². The number of piperidine rings is 1. The molecule has 3 nitrogen and oxygen atoms in total. The third-order valence-corrected chi connectivity index (χ3v) is 4.11. The van der Waals surface area contributed by atoms with Crippen molar-refractivity contribution in [3.63, 3.8) is 0 Å². The summed E-state index contributed by atoms with van der Waals surface area (Å²) < 4.78 is 1.02. The number of amides is 1. The number of carbonyl (C=O) groups is 1. The van der Waals surface area contributed by atoms with Gasteiger partial charge in [-0.3, -0.25) is 4.79 Å². The van der Waals surface area contributed by atoms with Gasteiger partial charge >= 0.3 is 0 Å². The van der Waals surface area contributed by atoms with Crippen molar-refractivity contribution in [2.45, 2.75) is 52.0 Å². The zero-order valence-electron chi connectivity index (χ0n) is 11.7. The average Bonchev–Trinajstić information content (AvgIpc) is 2.36. The number of carbonyl (C=O) groups excluding carboxylic acids is 1. The number of rotatable bonds is 5. The van der Waals surface area contributed by atoms with Gasteiger partial charge in [0.1, 0.15) is 0 Å². The Hall–Kier alpha value is 0.534. The quantitative estimate of drug-likeness (QED) is 0.772. The zero-order chi connectivity index (χ0) is 12.0. The van der Waals surface area contributed by atoms with Crippen molar-refractivity contribution in [1.82, 2.24) is 5.32 Å². The molecule has 1 saturated heterocycles. The molecule has 97 valence electrons. The molecule has 1 aliphatic rings. The SMILES string of the molecule is CCCC(C(=O)NC)[N+]1(CC)CCCCC1.[Y]. The molecule has 1 radical (unpaired) electrons. The Kier molecular flexibility index (Phi) is 8.87. The number of likely N-dealkylation sites (tertiary alicyclic amines) is 1. The number of hydrogen-bond acceptors (Lipinski definition) is 1. The van der Waals surface area contributed by atoms with Gasteiger partial charge in [0, 0.05) is 46.2 Å². The van der Waals surface area contributed by atoms with E-state index in [4.69, 9.17) is 0 Å². The molecule has 4 heteroatoms. The van der Waals surface area contributed by atoms with Crippen LogP contribution in [0, 0.1) is 0 Å². The van der Waals surface area contributed by atoms with Gasteiger partial charge in [-0.05, 0) is 32.6 Å². The van der Waals surface area contributed by atoms with Gasteiger partial charge in [-0.1, -0.05) is 6.92 Å². The maximum absolute atomic E-state index is 12.0. The van der Waals surface area contributed by atoms with E-state index in [0.717, 1.165) is 23.9 Å². The summed E-state index contributed by atoms with van der Waals surface area (Å²) in [6, 6.07) is 0.181. The fourth-order valence-electron chi connectivity index (χ4n) is 3.08. The normalized spacial score (nSPS) is 20.2. The molecule has 17 heavy (non-hydrogen) atoms. The molecular weight excluding hydrogens is 289 g/mol. The van der Waals surface area contributed by atoms with Crippen LogP contribution < -0.4 is 5.32 Å². The van der Waals surface area contributed by atoms with E-state index in [1.54, 1.807) is 7.05 Å². The largest absolute Gasteiger partial charge is 0.354 e. The predicted octanol–water partition coefficient (Wildman–Crippen LogP) is 1.92. The van der Waals surface area contributed by atoms with Crippen LogP contribution in [0.4, 0.5) is 0 Å². The summed E-state index contributed by atoms with van der Waals surface area (Å²) >= 11 is 0. The summed E-state index contributed by atoms with van der Waals surface area (Å²) in [6.45, 7) is 7.88. The second-order valence-corrected chi connectivity index (χ2v) is 4.96. The van der Waals surface area contributed by atoms with Crippen LogP contribution in [-0.4, -0.2) is 43.1 Å². The molecule has 0 aromatic heterocycles. The van der Waals surface area contributed by atoms with Crippen molar-refractivity contribution in [3.8, 4) is 0 Å². The molecule has 1 fully saturated rings. The third kappa shape index (κ3) is 4.29. The number of likely N-dealkylation sites (N-methyl/N-ethyl adjacent to an activating group) is 2. The summed E-state index contributed by atoms with van der Waals surface area (Å²) in [5.74, 6) is 0.241. The second-order valence-electron chi connectivity index (χ2n) is 4.96. The Morgan fingerprint density at radius 3 is 2.24 bits per heavy atom. The monoisotopic (exact) mass is 316 g/mol. The second kappa shape index (κ2) is 8.60. The van der Waals surface area contributed by atoms with E-state index >= 15 is 0 Å². The van der Waals surface area contributed by atoms with E-state index in [1.165, 1.54) is 32.4 Å². The van der Waals surface area contributed by atoms with Crippen LogP contribution in [-0.2, 0) is 37.5 Å². The number of nitrogens with one attached hydrogen (secondary N) is 1. The minimum Gasteiger partial charge on any atom is -0.354 e. The van der Waals surface area contributed by atoms with Gasteiger partial charge in [-0.25, -0.2) is 0 Å². The Bertz CT molecular complexity index is 227. The molecule has 0 saturated carbocycles. The van der Waals surface area contributed by atoms with Crippen LogP contribution in [0.1, 0.15) is 46.0 Å². The molecule has 1 heterocycles. The smallest absolute Gasteiger partial charge is 0.278 e. The van der Waals surface area contributed by atoms with E-state index < -0.39 is 0 Å². The van der Waals surface area contributed by atoms with Gasteiger partial charge in [0.15, 0.2) is 6.04 Å². The molecule has 1 rings (SSSR count). The van der Waals surface area contributed by atoms with Crippen molar-refractivity contribution in [2.75, 3.05) is 26.7 Å². The summed E-state index contributed by atoms with van der Waals surface area (Å²) in [4.78, 5) is 12.0. The molecule has 0 aromatic carbocycles. The molecule has 1 N–H and O–H groups in total. The van der Waals surface area contributed by atoms with Crippen LogP contribution in [0.3, 0.4) is 0 Å². The fraction of sp³-hybridized carbons (Fsp3) is 0.923. The van der Waals surface area contributed by atoms with E-state index in [2.05, 4.69) is 19.2 Å². The molecule has 0 spiro atoms. The topological polar surface area (TPSA) is 29.1 Å². The van der Waals surface area contributed by atoms with Crippen molar-refractivity contribution in [2.24, 2.45) is 0 Å². The number of quaternary nitrogens is 1. The molecule has 0 aliphatic carbocycles. The van der Waals surface area contributed by atoms with Gasteiger partial charge in [0.25, 0.3) is 5.91 Å². The fourth-order valence-corrected chi connectivity index (χ4v) is 3.08. The van der Waals surface area contributed by atoms with Crippen LogP contribution in [0.15, 0.2) is 0 Å². The number of hydrogen-bond donors (Lipinski definition) is 1. The first-order chi connectivity index (χ1) is 7.70. The summed E-state index contributed by atoms with van der Waals surface area (Å²) in [7, 11) is 1.76. The average molecular weight is 316 g/mol. The molecule has 1 amide bonds. The molecule has 1 aliphatic heterocycles. The molecule has 1 unspecified atom stereocenters. The van der Waals surface area contributed by atoms with Gasteiger partial charge in [0.2, 0.25) is 0 Å². The van der Waals surface area contributed by atoms with Gasteiger partial charge < -0.3 is 9.80 Å². The summed E-state index contributed by atoms with van der Waals surface area (Å²) in [5, 5.41) is 2.85. The standard InChI is InChI=1S/C13H26N2O.Y/c1-4-9-12(13(16)14-3)15(5-2)10-7-6-8-11-15;/h12H,4-11H2,1-3H3;/p+1. The van der Waals surface area contributed by atoms with E-state index in [9.17, 15) is 4.79 Å². The minimum atomic E-state index is 0. The maximum atomic E-state index is 12.0. The molecule has 0 aromatic rings. The molecule has 1 atom stereocenters. The van der Waals surface area contributed by atoms with Crippen molar-refractivity contribution in [3.05, 3.63) is 0 Å². The van der Waals surface area contributed by atoms with Crippen molar-refractivity contribution in [1.29, 1.82) is 0 Å². The number of nitrogens with zero attached hydrogens (tertiary/aromatic N) is 1. The first kappa shape index (κ1) is 17.5. The molecular formula is C13H27N2OY+. The Morgan fingerprint density at radius 2 is 1.82 bits per heavy atom. The van der Waals surface area contributed by atoms with Crippen molar-refractivity contribution < 1.29 is 42.0 Å². The predicted molar refractivity (Wildman–Crippen MR) is 67.1 cm³/mol. The van der Waals surface area contributed by atoms with Crippen LogP contribution in [0.25, 0.3) is 0 Å². The van der Waals surface area contributed by atoms with Gasteiger partial charge in [-0.2, -0.15) is 0 Å². The summed E-state index contributed by atoms with van der Waals surface area (Å²) in [5.41, 5.74) is 0.